The molecule has 14 heavy (non-hydrogen) atoms. The Labute approximate surface area is 93.5 Å². The fourth-order valence-electron chi connectivity index (χ4n) is 1.76. The van der Waals surface area contributed by atoms with Gasteiger partial charge < -0.3 is 10.6 Å². The van der Waals surface area contributed by atoms with Crippen molar-refractivity contribution in [1.29, 1.82) is 0 Å². The monoisotopic (exact) mass is 260 g/mol. The Morgan fingerprint density at radius 3 is 2.86 bits per heavy atom. The number of rotatable bonds is 4. The van der Waals surface area contributed by atoms with Gasteiger partial charge >= 0.3 is 0 Å². The van der Waals surface area contributed by atoms with Gasteiger partial charge in [0.05, 0.1) is 5.41 Å². The van der Waals surface area contributed by atoms with Crippen LogP contribution in [-0.2, 0) is 4.79 Å². The van der Waals surface area contributed by atoms with Gasteiger partial charge in [-0.15, -0.1) is 0 Å². The van der Waals surface area contributed by atoms with Gasteiger partial charge in [0.1, 0.15) is 0 Å². The molecule has 0 aromatic heterocycles. The lowest BCUT2D eigenvalue weighted by Gasteiger charge is -2.25. The summed E-state index contributed by atoms with van der Waals surface area (Å²) in [6, 6.07) is 0. The molecule has 1 aliphatic rings. The van der Waals surface area contributed by atoms with Crippen molar-refractivity contribution in [3.05, 3.63) is 11.1 Å². The Morgan fingerprint density at radius 2 is 2.43 bits per heavy atom. The van der Waals surface area contributed by atoms with Crippen molar-refractivity contribution in [1.82, 2.24) is 10.6 Å². The van der Waals surface area contributed by atoms with E-state index in [-0.39, 0.29) is 11.3 Å². The summed E-state index contributed by atoms with van der Waals surface area (Å²) >= 11 is 3.23. The maximum atomic E-state index is 11.9. The molecule has 1 atom stereocenters. The highest BCUT2D eigenvalue weighted by atomic mass is 79.9. The van der Waals surface area contributed by atoms with Crippen molar-refractivity contribution >= 4 is 21.8 Å². The van der Waals surface area contributed by atoms with E-state index in [0.717, 1.165) is 30.4 Å². The van der Waals surface area contributed by atoms with Crippen molar-refractivity contribution in [2.24, 2.45) is 5.41 Å². The van der Waals surface area contributed by atoms with E-state index in [1.54, 1.807) is 0 Å². The van der Waals surface area contributed by atoms with E-state index in [1.165, 1.54) is 0 Å². The molecule has 0 spiro atoms. The van der Waals surface area contributed by atoms with E-state index in [4.69, 9.17) is 0 Å². The molecule has 0 aromatic carbocycles. The predicted molar refractivity (Wildman–Crippen MR) is 61.3 cm³/mol. The van der Waals surface area contributed by atoms with Crippen LogP contribution in [-0.4, -0.2) is 25.5 Å². The smallest absolute Gasteiger partial charge is 0.227 e. The summed E-state index contributed by atoms with van der Waals surface area (Å²) in [7, 11) is 0. The third-order valence-electron chi connectivity index (χ3n) is 2.84. The highest BCUT2D eigenvalue weighted by Crippen LogP contribution is 2.29. The highest BCUT2D eigenvalue weighted by molar-refractivity contribution is 9.11. The first kappa shape index (κ1) is 11.7. The van der Waals surface area contributed by atoms with Crippen LogP contribution in [0.15, 0.2) is 11.1 Å². The second-order valence-electron chi connectivity index (χ2n) is 3.76. The third-order valence-corrected chi connectivity index (χ3v) is 3.12. The molecule has 1 fully saturated rings. The minimum Gasteiger partial charge on any atom is -0.351 e. The van der Waals surface area contributed by atoms with E-state index in [0.29, 0.717) is 6.54 Å². The zero-order valence-corrected chi connectivity index (χ0v) is 10.1. The van der Waals surface area contributed by atoms with Crippen molar-refractivity contribution in [2.75, 3.05) is 19.6 Å². The molecule has 1 heterocycles. The summed E-state index contributed by atoms with van der Waals surface area (Å²) in [4.78, 5) is 11.9. The highest BCUT2D eigenvalue weighted by Gasteiger charge is 2.39. The van der Waals surface area contributed by atoms with Gasteiger partial charge in [0.25, 0.3) is 0 Å². The van der Waals surface area contributed by atoms with Crippen molar-refractivity contribution in [2.45, 2.75) is 19.8 Å². The van der Waals surface area contributed by atoms with Crippen LogP contribution < -0.4 is 10.6 Å². The first-order valence-corrected chi connectivity index (χ1v) is 5.72. The van der Waals surface area contributed by atoms with Crippen LogP contribution in [0.1, 0.15) is 19.8 Å². The van der Waals surface area contributed by atoms with E-state index < -0.39 is 0 Å². The Bertz CT molecular complexity index is 234. The van der Waals surface area contributed by atoms with Gasteiger partial charge in [0.15, 0.2) is 0 Å². The Morgan fingerprint density at radius 1 is 1.71 bits per heavy atom. The summed E-state index contributed by atoms with van der Waals surface area (Å²) in [6.45, 7) is 8.00. The molecule has 2 N–H and O–H groups in total. The van der Waals surface area contributed by atoms with Crippen LogP contribution in [0.2, 0.25) is 0 Å². The number of amides is 1. The van der Waals surface area contributed by atoms with Crippen LogP contribution in [0.25, 0.3) is 0 Å². The SMILES string of the molecule is C=C(Br)CNC(=O)C1(CC)CCNC1. The topological polar surface area (TPSA) is 41.1 Å². The number of hydrogen-bond acceptors (Lipinski definition) is 2. The second-order valence-corrected chi connectivity index (χ2v) is 4.88. The molecule has 1 amide bonds. The van der Waals surface area contributed by atoms with Crippen molar-refractivity contribution in [3.8, 4) is 0 Å². The van der Waals surface area contributed by atoms with Gasteiger partial charge in [0.2, 0.25) is 5.91 Å². The maximum absolute atomic E-state index is 11.9. The minimum atomic E-state index is -0.192. The second kappa shape index (κ2) is 4.94. The molecule has 3 nitrogen and oxygen atoms in total. The summed E-state index contributed by atoms with van der Waals surface area (Å²) in [5.41, 5.74) is -0.192. The van der Waals surface area contributed by atoms with Crippen molar-refractivity contribution < 1.29 is 4.79 Å². The maximum Gasteiger partial charge on any atom is 0.227 e. The van der Waals surface area contributed by atoms with E-state index >= 15 is 0 Å². The Hall–Kier alpha value is -0.350. The molecule has 0 radical (unpaired) electrons. The molecular formula is C10H17BrN2O. The van der Waals surface area contributed by atoms with Gasteiger partial charge in [-0.25, -0.2) is 0 Å². The van der Waals surface area contributed by atoms with Gasteiger partial charge in [-0.3, -0.25) is 4.79 Å². The molecule has 4 heteroatoms. The Balaban J connectivity index is 2.52. The molecule has 80 valence electrons. The van der Waals surface area contributed by atoms with Crippen LogP contribution in [0.3, 0.4) is 0 Å². The predicted octanol–water partition coefficient (Wildman–Crippen LogP) is 1.40. The first-order valence-electron chi connectivity index (χ1n) is 4.93. The van der Waals surface area contributed by atoms with Gasteiger partial charge in [0, 0.05) is 17.6 Å². The lowest BCUT2D eigenvalue weighted by Crippen LogP contribution is -2.42. The first-order chi connectivity index (χ1) is 6.60. The average Bonchev–Trinajstić information content (AvgIpc) is 2.63. The lowest BCUT2D eigenvalue weighted by molar-refractivity contribution is -0.130. The zero-order valence-electron chi connectivity index (χ0n) is 8.53. The largest absolute Gasteiger partial charge is 0.351 e. The summed E-state index contributed by atoms with van der Waals surface area (Å²) < 4.78 is 0.808. The van der Waals surface area contributed by atoms with Crippen LogP contribution in [0.5, 0.6) is 0 Å². The molecular weight excluding hydrogens is 244 g/mol. The summed E-state index contributed by atoms with van der Waals surface area (Å²) in [5.74, 6) is 0.144. The fourth-order valence-corrected chi connectivity index (χ4v) is 1.90. The summed E-state index contributed by atoms with van der Waals surface area (Å²) in [6.07, 6.45) is 1.82. The minimum absolute atomic E-state index is 0.144. The van der Waals surface area contributed by atoms with Gasteiger partial charge in [-0.2, -0.15) is 0 Å². The van der Waals surface area contributed by atoms with Crippen molar-refractivity contribution in [3.63, 3.8) is 0 Å². The number of carbonyl (C=O) groups is 1. The van der Waals surface area contributed by atoms with Gasteiger partial charge in [-0.05, 0) is 19.4 Å². The van der Waals surface area contributed by atoms with E-state index in [9.17, 15) is 4.79 Å². The molecule has 1 aliphatic heterocycles. The lowest BCUT2D eigenvalue weighted by atomic mass is 9.83. The number of halogens is 1. The standard InChI is InChI=1S/C10H17BrN2O/c1-3-10(4-5-12-7-10)9(14)13-6-8(2)11/h12H,2-7H2,1H3,(H,13,14). The fraction of sp³-hybridized carbons (Fsp3) is 0.700. The molecule has 0 bridgehead atoms. The quantitative estimate of drug-likeness (QED) is 0.803. The number of carbonyl (C=O) groups excluding carboxylic acids is 1. The van der Waals surface area contributed by atoms with E-state index in [1.807, 2.05) is 0 Å². The third kappa shape index (κ3) is 2.58. The van der Waals surface area contributed by atoms with Crippen LogP contribution in [0.4, 0.5) is 0 Å². The van der Waals surface area contributed by atoms with E-state index in [2.05, 4.69) is 40.1 Å². The molecule has 0 saturated carbocycles. The zero-order chi connectivity index (χ0) is 10.6. The molecule has 1 rings (SSSR count). The van der Waals surface area contributed by atoms with Gasteiger partial charge in [-0.1, -0.05) is 29.4 Å². The Kier molecular flexibility index (Phi) is 4.13. The molecule has 0 aromatic rings. The molecule has 1 saturated heterocycles. The number of hydrogen-bond donors (Lipinski definition) is 2. The molecule has 1 unspecified atom stereocenters. The average molecular weight is 261 g/mol. The number of nitrogens with one attached hydrogen (secondary N) is 2. The molecule has 0 aliphatic carbocycles. The summed E-state index contributed by atoms with van der Waals surface area (Å²) in [5, 5.41) is 6.13. The van der Waals surface area contributed by atoms with Crippen LogP contribution in [0, 0.1) is 5.41 Å². The van der Waals surface area contributed by atoms with Crippen LogP contribution >= 0.6 is 15.9 Å². The normalized spacial score (nSPS) is 26.1.